The molecule has 0 radical (unpaired) electrons. The van der Waals surface area contributed by atoms with Gasteiger partial charge in [0, 0.05) is 0 Å². The van der Waals surface area contributed by atoms with Crippen LogP contribution in [-0.4, -0.2) is 22.6 Å². The summed E-state index contributed by atoms with van der Waals surface area (Å²) in [7, 11) is 0. The normalized spacial score (nSPS) is 34.1. The third-order valence-corrected chi connectivity index (χ3v) is 9.34. The Balaban J connectivity index is 1.57. The van der Waals surface area contributed by atoms with Crippen LogP contribution in [0, 0.1) is 20.8 Å². The zero-order valence-corrected chi connectivity index (χ0v) is 17.6. The molecule has 4 aliphatic rings. The number of hydrogen-bond donors (Lipinski definition) is 1. The molecule has 1 N–H and O–H groups in total. The first-order valence-electron chi connectivity index (χ1n) is 9.37. The van der Waals surface area contributed by atoms with Gasteiger partial charge in [-0.15, -0.1) is 0 Å². The van der Waals surface area contributed by atoms with Crippen molar-refractivity contribution in [3.05, 3.63) is 46.1 Å². The summed E-state index contributed by atoms with van der Waals surface area (Å²) in [5.74, 6) is -0.0407. The van der Waals surface area contributed by atoms with E-state index < -0.39 is 37.6 Å². The molecule has 6 heteroatoms. The van der Waals surface area contributed by atoms with Gasteiger partial charge in [-0.3, -0.25) is 0 Å². The third kappa shape index (κ3) is 3.66. The summed E-state index contributed by atoms with van der Waals surface area (Å²) in [5, 5.41) is 10.9. The summed E-state index contributed by atoms with van der Waals surface area (Å²) in [6.07, 6.45) is 4.71. The van der Waals surface area contributed by atoms with Gasteiger partial charge in [-0.1, -0.05) is 0 Å². The first-order chi connectivity index (χ1) is 12.8. The molecular weight excluding hydrogens is 459 g/mol. The quantitative estimate of drug-likeness (QED) is 0.502. The van der Waals surface area contributed by atoms with E-state index in [9.17, 15) is 14.7 Å². The number of benzene rings is 1. The Morgan fingerprint density at radius 2 is 1.74 bits per heavy atom. The van der Waals surface area contributed by atoms with E-state index in [0.29, 0.717) is 18.3 Å². The first kappa shape index (κ1) is 18.9. The van der Waals surface area contributed by atoms with Gasteiger partial charge in [-0.25, -0.2) is 0 Å². The molecule has 5 rings (SSSR count). The molecule has 0 spiro atoms. The van der Waals surface area contributed by atoms with Gasteiger partial charge in [0.15, 0.2) is 0 Å². The molecule has 0 amide bonds. The molecule has 4 bridgehead atoms. The van der Waals surface area contributed by atoms with Crippen molar-refractivity contribution in [2.45, 2.75) is 51.0 Å². The fourth-order valence-electron chi connectivity index (χ4n) is 5.35. The van der Waals surface area contributed by atoms with E-state index in [1.807, 2.05) is 30.3 Å². The summed E-state index contributed by atoms with van der Waals surface area (Å²) >= 11 is -2.97. The maximum absolute atomic E-state index is 13.3. The molecule has 2 unspecified atom stereocenters. The molecule has 5 nitrogen and oxygen atoms in total. The molecule has 0 saturated heterocycles. The minimum absolute atomic E-state index is 0.286. The van der Waals surface area contributed by atoms with Crippen LogP contribution >= 0.6 is 20.6 Å². The van der Waals surface area contributed by atoms with Crippen LogP contribution < -0.4 is 0 Å². The second-order valence-corrected chi connectivity index (χ2v) is 11.9. The second kappa shape index (κ2) is 6.88. The van der Waals surface area contributed by atoms with Crippen molar-refractivity contribution in [3.8, 4) is 0 Å². The molecule has 146 valence electrons. The Morgan fingerprint density at radius 3 is 2.30 bits per heavy atom. The van der Waals surface area contributed by atoms with E-state index in [1.54, 1.807) is 6.92 Å². The van der Waals surface area contributed by atoms with Gasteiger partial charge in [0.25, 0.3) is 0 Å². The van der Waals surface area contributed by atoms with Crippen LogP contribution in [0.25, 0.3) is 0 Å². The molecule has 4 aliphatic carbocycles. The topological polar surface area (TPSA) is 72.8 Å². The Morgan fingerprint density at radius 1 is 1.11 bits per heavy atom. The molecule has 0 heterocycles. The van der Waals surface area contributed by atoms with Crippen molar-refractivity contribution in [2.75, 3.05) is 0 Å². The van der Waals surface area contributed by atoms with E-state index in [2.05, 4.69) is 6.58 Å². The van der Waals surface area contributed by atoms with Crippen LogP contribution in [-0.2, 0) is 15.7 Å². The molecular formula is C21H25IO5. The second-order valence-electron chi connectivity index (χ2n) is 8.49. The number of rotatable bonds is 5. The van der Waals surface area contributed by atoms with Crippen LogP contribution in [0.5, 0.6) is 0 Å². The number of carbonyl (C=O) groups is 2. The number of carbonyl (C=O) groups excluding carboxylic acids is 2. The summed E-state index contributed by atoms with van der Waals surface area (Å²) in [6.45, 7) is 5.20. The first-order valence-corrected chi connectivity index (χ1v) is 12.2. The fourth-order valence-corrected chi connectivity index (χ4v) is 8.52. The number of halogens is 1. The van der Waals surface area contributed by atoms with Gasteiger partial charge in [0.05, 0.1) is 0 Å². The van der Waals surface area contributed by atoms with E-state index in [4.69, 9.17) is 6.13 Å². The molecule has 2 atom stereocenters. The van der Waals surface area contributed by atoms with Crippen LogP contribution in [0.4, 0.5) is 0 Å². The van der Waals surface area contributed by atoms with Crippen LogP contribution in [0.2, 0.25) is 0 Å². The molecule has 27 heavy (non-hydrogen) atoms. The van der Waals surface area contributed by atoms with Gasteiger partial charge in [0.1, 0.15) is 0 Å². The summed E-state index contributed by atoms with van der Waals surface area (Å²) in [6, 6.07) is 9.22. The zero-order valence-electron chi connectivity index (χ0n) is 15.4. The Labute approximate surface area is 167 Å². The van der Waals surface area contributed by atoms with Crippen molar-refractivity contribution in [1.29, 1.82) is 0 Å². The van der Waals surface area contributed by atoms with Crippen molar-refractivity contribution < 1.29 is 20.8 Å². The SMILES string of the molecule is C=C(C)C(=O)OI(OC(=O)C12CC3CC(CC(O)(C3)C1)C2)c1ccccc1. The van der Waals surface area contributed by atoms with E-state index in [1.165, 1.54) is 0 Å². The summed E-state index contributed by atoms with van der Waals surface area (Å²) in [4.78, 5) is 25.4. The average molecular weight is 484 g/mol. The Hall–Kier alpha value is -1.41. The standard InChI is InChI=1S/C21H25IO5/c1-14(2)18(23)26-22(17-6-4-3-5-7-17)27-19(24)20-9-15-8-16(10-20)12-21(25,11-15)13-20/h3-7,15-16,25H,1,8-13H2,2H3. The average Bonchev–Trinajstić information content (AvgIpc) is 2.59. The molecule has 4 saturated carbocycles. The molecule has 0 aromatic heterocycles. The summed E-state index contributed by atoms with van der Waals surface area (Å²) in [5.41, 5.74) is -1.07. The monoisotopic (exact) mass is 484 g/mol. The molecule has 0 aliphatic heterocycles. The van der Waals surface area contributed by atoms with Crippen molar-refractivity contribution in [1.82, 2.24) is 0 Å². The molecule has 1 aromatic rings. The van der Waals surface area contributed by atoms with Crippen molar-refractivity contribution in [2.24, 2.45) is 17.3 Å². The third-order valence-electron chi connectivity index (χ3n) is 6.00. The minimum atomic E-state index is -2.97. The predicted molar refractivity (Wildman–Crippen MR) is 108 cm³/mol. The van der Waals surface area contributed by atoms with Crippen molar-refractivity contribution >= 4 is 32.6 Å². The van der Waals surface area contributed by atoms with Crippen molar-refractivity contribution in [3.63, 3.8) is 0 Å². The fraction of sp³-hybridized carbons (Fsp3) is 0.524. The van der Waals surface area contributed by atoms with Crippen LogP contribution in [0.3, 0.4) is 0 Å². The van der Waals surface area contributed by atoms with Crippen LogP contribution in [0.15, 0.2) is 42.5 Å². The van der Waals surface area contributed by atoms with Gasteiger partial charge in [-0.05, 0) is 0 Å². The summed E-state index contributed by atoms with van der Waals surface area (Å²) < 4.78 is 12.2. The molecule has 4 fully saturated rings. The van der Waals surface area contributed by atoms with Gasteiger partial charge >= 0.3 is 168 Å². The van der Waals surface area contributed by atoms with Crippen LogP contribution in [0.1, 0.15) is 45.4 Å². The Kier molecular flexibility index (Phi) is 4.83. The Bertz CT molecular complexity index is 760. The van der Waals surface area contributed by atoms with E-state index in [-0.39, 0.29) is 11.5 Å². The molecule has 1 aromatic carbocycles. The predicted octanol–water partition coefficient (Wildman–Crippen LogP) is 4.19. The van der Waals surface area contributed by atoms with Gasteiger partial charge in [0.2, 0.25) is 0 Å². The van der Waals surface area contributed by atoms with E-state index >= 15 is 0 Å². The number of hydrogen-bond acceptors (Lipinski definition) is 5. The maximum atomic E-state index is 13.3. The number of aliphatic hydroxyl groups is 1. The van der Waals surface area contributed by atoms with E-state index in [0.717, 1.165) is 35.7 Å². The van der Waals surface area contributed by atoms with Gasteiger partial charge < -0.3 is 0 Å². The zero-order chi connectivity index (χ0) is 19.2. The van der Waals surface area contributed by atoms with Gasteiger partial charge in [-0.2, -0.15) is 0 Å².